The fourth-order valence-corrected chi connectivity index (χ4v) is 2.84. The lowest BCUT2D eigenvalue weighted by Crippen LogP contribution is -1.99. The number of hydrogen-bond donors (Lipinski definition) is 0. The maximum absolute atomic E-state index is 4.26. The molecule has 3 aromatic rings. The lowest BCUT2D eigenvalue weighted by Gasteiger charge is -2.08. The van der Waals surface area contributed by atoms with E-state index in [1.54, 1.807) is 0 Å². The van der Waals surface area contributed by atoms with Crippen LogP contribution < -0.4 is 0 Å². The Kier molecular flexibility index (Phi) is 3.87. The summed E-state index contributed by atoms with van der Waals surface area (Å²) < 4.78 is 2.32. The van der Waals surface area contributed by atoms with Crippen LogP contribution in [0.4, 0.5) is 0 Å². The highest BCUT2D eigenvalue weighted by atomic mass is 15.0. The average molecular weight is 276 g/mol. The van der Waals surface area contributed by atoms with Crippen LogP contribution in [0.1, 0.15) is 19.0 Å². The fourth-order valence-electron chi connectivity index (χ4n) is 2.84. The first-order valence-electron chi connectivity index (χ1n) is 7.45. The molecule has 106 valence electrons. The van der Waals surface area contributed by atoms with Crippen molar-refractivity contribution < 1.29 is 0 Å². The minimum atomic E-state index is 1.08. The van der Waals surface area contributed by atoms with Gasteiger partial charge in [-0.1, -0.05) is 49.7 Å². The Morgan fingerprint density at radius 2 is 1.76 bits per heavy atom. The SMILES string of the molecule is CCCc1c(-c2cccnc2)cc(-c2ccccc2)n1C. The van der Waals surface area contributed by atoms with Crippen LogP contribution in [0, 0.1) is 0 Å². The highest BCUT2D eigenvalue weighted by Gasteiger charge is 2.14. The highest BCUT2D eigenvalue weighted by Crippen LogP contribution is 2.32. The normalized spacial score (nSPS) is 10.8. The van der Waals surface area contributed by atoms with Gasteiger partial charge in [-0.15, -0.1) is 0 Å². The molecule has 0 saturated heterocycles. The van der Waals surface area contributed by atoms with Crippen molar-refractivity contribution in [1.29, 1.82) is 0 Å². The molecule has 0 N–H and O–H groups in total. The van der Waals surface area contributed by atoms with Crippen molar-refractivity contribution >= 4 is 0 Å². The van der Waals surface area contributed by atoms with E-state index >= 15 is 0 Å². The van der Waals surface area contributed by atoms with Crippen LogP contribution in [-0.4, -0.2) is 9.55 Å². The summed E-state index contributed by atoms with van der Waals surface area (Å²) in [6.45, 7) is 2.22. The third kappa shape index (κ3) is 2.62. The standard InChI is InChI=1S/C19H20N2/c1-3-8-18-17(16-11-7-12-20-14-16)13-19(21(18)2)15-9-5-4-6-10-15/h4-7,9-14H,3,8H2,1-2H3. The molecule has 1 aromatic carbocycles. The van der Waals surface area contributed by atoms with E-state index in [0.29, 0.717) is 0 Å². The van der Waals surface area contributed by atoms with Gasteiger partial charge in [0.15, 0.2) is 0 Å². The highest BCUT2D eigenvalue weighted by molar-refractivity contribution is 5.74. The molecule has 0 fully saturated rings. The van der Waals surface area contributed by atoms with E-state index in [0.717, 1.165) is 12.8 Å². The summed E-state index contributed by atoms with van der Waals surface area (Å²) in [7, 11) is 2.16. The first-order chi connectivity index (χ1) is 10.3. The van der Waals surface area contributed by atoms with Crippen molar-refractivity contribution in [1.82, 2.24) is 9.55 Å². The zero-order valence-corrected chi connectivity index (χ0v) is 12.6. The summed E-state index contributed by atoms with van der Waals surface area (Å²) >= 11 is 0. The zero-order valence-electron chi connectivity index (χ0n) is 12.6. The second kappa shape index (κ2) is 5.96. The number of benzene rings is 1. The Morgan fingerprint density at radius 3 is 2.43 bits per heavy atom. The molecule has 0 aliphatic heterocycles. The average Bonchev–Trinajstić information content (AvgIpc) is 2.87. The van der Waals surface area contributed by atoms with E-state index in [1.165, 1.54) is 28.1 Å². The van der Waals surface area contributed by atoms with E-state index < -0.39 is 0 Å². The molecule has 2 heteroatoms. The fraction of sp³-hybridized carbons (Fsp3) is 0.211. The second-order valence-corrected chi connectivity index (χ2v) is 5.31. The van der Waals surface area contributed by atoms with Crippen molar-refractivity contribution in [3.05, 3.63) is 66.6 Å². The van der Waals surface area contributed by atoms with E-state index in [9.17, 15) is 0 Å². The maximum atomic E-state index is 4.26. The van der Waals surface area contributed by atoms with Gasteiger partial charge in [0.25, 0.3) is 0 Å². The number of pyridine rings is 1. The minimum absolute atomic E-state index is 1.08. The van der Waals surface area contributed by atoms with E-state index in [-0.39, 0.29) is 0 Å². The Bertz CT molecular complexity index is 712. The molecule has 2 aromatic heterocycles. The topological polar surface area (TPSA) is 17.8 Å². The largest absolute Gasteiger partial charge is 0.347 e. The van der Waals surface area contributed by atoms with Crippen molar-refractivity contribution in [2.45, 2.75) is 19.8 Å². The van der Waals surface area contributed by atoms with Crippen LogP contribution >= 0.6 is 0 Å². The molecule has 0 unspecified atom stereocenters. The van der Waals surface area contributed by atoms with Crippen LogP contribution in [0.3, 0.4) is 0 Å². The van der Waals surface area contributed by atoms with Crippen LogP contribution in [-0.2, 0) is 13.5 Å². The molecule has 0 aliphatic rings. The Balaban J connectivity index is 2.16. The molecule has 3 rings (SSSR count). The molecule has 0 atom stereocenters. The molecule has 0 aliphatic carbocycles. The summed E-state index contributed by atoms with van der Waals surface area (Å²) in [5.41, 5.74) is 6.39. The Morgan fingerprint density at radius 1 is 1.00 bits per heavy atom. The molecular formula is C19H20N2. The number of nitrogens with zero attached hydrogens (tertiary/aromatic N) is 2. The molecule has 2 heterocycles. The summed E-state index contributed by atoms with van der Waals surface area (Å²) in [6, 6.07) is 17.0. The summed E-state index contributed by atoms with van der Waals surface area (Å²) in [5, 5.41) is 0. The summed E-state index contributed by atoms with van der Waals surface area (Å²) in [4.78, 5) is 4.26. The number of rotatable bonds is 4. The quantitative estimate of drug-likeness (QED) is 0.675. The lowest BCUT2D eigenvalue weighted by molar-refractivity contribution is 0.794. The first-order valence-corrected chi connectivity index (χ1v) is 7.45. The third-order valence-corrected chi connectivity index (χ3v) is 3.89. The van der Waals surface area contributed by atoms with Gasteiger partial charge in [-0.2, -0.15) is 0 Å². The van der Waals surface area contributed by atoms with E-state index in [2.05, 4.69) is 66.0 Å². The van der Waals surface area contributed by atoms with Crippen molar-refractivity contribution in [2.75, 3.05) is 0 Å². The molecule has 2 nitrogen and oxygen atoms in total. The smallest absolute Gasteiger partial charge is 0.0486 e. The molecule has 0 radical (unpaired) electrons. The van der Waals surface area contributed by atoms with Gasteiger partial charge in [0, 0.05) is 42.0 Å². The van der Waals surface area contributed by atoms with Crippen LogP contribution in [0.5, 0.6) is 0 Å². The van der Waals surface area contributed by atoms with Crippen LogP contribution in [0.2, 0.25) is 0 Å². The number of aromatic nitrogens is 2. The maximum Gasteiger partial charge on any atom is 0.0486 e. The molecule has 0 bridgehead atoms. The predicted octanol–water partition coefficient (Wildman–Crippen LogP) is 4.71. The summed E-state index contributed by atoms with van der Waals surface area (Å²) in [5.74, 6) is 0. The lowest BCUT2D eigenvalue weighted by atomic mass is 10.0. The van der Waals surface area contributed by atoms with Crippen LogP contribution in [0.25, 0.3) is 22.4 Å². The van der Waals surface area contributed by atoms with Gasteiger partial charge in [0.05, 0.1) is 0 Å². The van der Waals surface area contributed by atoms with Gasteiger partial charge >= 0.3 is 0 Å². The Hall–Kier alpha value is -2.35. The van der Waals surface area contributed by atoms with Gasteiger partial charge in [0.2, 0.25) is 0 Å². The summed E-state index contributed by atoms with van der Waals surface area (Å²) in [6.07, 6.45) is 5.99. The molecule has 0 amide bonds. The monoisotopic (exact) mass is 276 g/mol. The molecular weight excluding hydrogens is 256 g/mol. The van der Waals surface area contributed by atoms with Gasteiger partial charge < -0.3 is 4.57 Å². The Labute approximate surface area is 126 Å². The van der Waals surface area contributed by atoms with Crippen LogP contribution in [0.15, 0.2) is 60.9 Å². The van der Waals surface area contributed by atoms with E-state index in [4.69, 9.17) is 0 Å². The first kappa shape index (κ1) is 13.6. The minimum Gasteiger partial charge on any atom is -0.347 e. The zero-order chi connectivity index (χ0) is 14.7. The van der Waals surface area contributed by atoms with Crippen molar-refractivity contribution in [3.63, 3.8) is 0 Å². The van der Waals surface area contributed by atoms with Gasteiger partial charge in [-0.25, -0.2) is 0 Å². The van der Waals surface area contributed by atoms with Gasteiger partial charge in [-0.05, 0) is 24.1 Å². The van der Waals surface area contributed by atoms with E-state index in [1.807, 2.05) is 18.5 Å². The van der Waals surface area contributed by atoms with Crippen molar-refractivity contribution in [2.24, 2.45) is 7.05 Å². The number of hydrogen-bond acceptors (Lipinski definition) is 1. The third-order valence-electron chi connectivity index (χ3n) is 3.89. The van der Waals surface area contributed by atoms with Gasteiger partial charge in [0.1, 0.15) is 0 Å². The molecule has 0 spiro atoms. The predicted molar refractivity (Wildman–Crippen MR) is 88.1 cm³/mol. The second-order valence-electron chi connectivity index (χ2n) is 5.31. The molecule has 21 heavy (non-hydrogen) atoms. The molecule has 0 saturated carbocycles. The van der Waals surface area contributed by atoms with Crippen molar-refractivity contribution in [3.8, 4) is 22.4 Å². The van der Waals surface area contributed by atoms with Gasteiger partial charge in [-0.3, -0.25) is 4.98 Å².